The summed E-state index contributed by atoms with van der Waals surface area (Å²) < 4.78 is 1.54. The highest BCUT2D eigenvalue weighted by atomic mass is 16.2. The van der Waals surface area contributed by atoms with E-state index in [0.717, 1.165) is 0 Å². The molecule has 0 aliphatic carbocycles. The number of aromatic nitrogens is 2. The van der Waals surface area contributed by atoms with Crippen LogP contribution in [0.3, 0.4) is 0 Å². The Bertz CT molecular complexity index is 449. The molecule has 0 spiro atoms. The standard InChI is InChI=1S/C9H10N4O3/c1-12-5-10-2-6(12)9(16)13-3-7(14)11-8(15)4-13/h2,5H,3-4H2,1H3,(H,11,14,15). The van der Waals surface area contributed by atoms with E-state index < -0.39 is 11.8 Å². The molecule has 2 rings (SSSR count). The molecule has 0 bridgehead atoms. The topological polar surface area (TPSA) is 84.3 Å². The fourth-order valence-electron chi connectivity index (χ4n) is 1.51. The van der Waals surface area contributed by atoms with Crippen LogP contribution in [0.1, 0.15) is 10.5 Å². The largest absolute Gasteiger partial charge is 0.330 e. The molecular formula is C9H10N4O3. The van der Waals surface area contributed by atoms with E-state index in [1.54, 1.807) is 11.6 Å². The zero-order valence-corrected chi connectivity index (χ0v) is 8.64. The Morgan fingerprint density at radius 1 is 1.38 bits per heavy atom. The number of carbonyl (C=O) groups is 3. The average Bonchev–Trinajstić information content (AvgIpc) is 2.62. The van der Waals surface area contributed by atoms with Crippen molar-refractivity contribution in [3.8, 4) is 0 Å². The van der Waals surface area contributed by atoms with Gasteiger partial charge in [-0.3, -0.25) is 19.7 Å². The van der Waals surface area contributed by atoms with Gasteiger partial charge in [0.1, 0.15) is 18.8 Å². The number of hydrogen-bond donors (Lipinski definition) is 1. The number of rotatable bonds is 1. The second-order valence-electron chi connectivity index (χ2n) is 3.52. The lowest BCUT2D eigenvalue weighted by atomic mass is 10.3. The summed E-state index contributed by atoms with van der Waals surface area (Å²) in [5, 5.41) is 2.13. The number of carbonyl (C=O) groups excluding carboxylic acids is 3. The van der Waals surface area contributed by atoms with Crippen molar-refractivity contribution in [2.45, 2.75) is 0 Å². The first-order chi connectivity index (χ1) is 7.58. The molecule has 0 aromatic carbocycles. The lowest BCUT2D eigenvalue weighted by molar-refractivity contribution is -0.135. The SMILES string of the molecule is Cn1cncc1C(=O)N1CC(=O)NC(=O)C1. The second-order valence-corrected chi connectivity index (χ2v) is 3.52. The van der Waals surface area contributed by atoms with E-state index in [0.29, 0.717) is 5.69 Å². The molecule has 0 unspecified atom stereocenters. The second kappa shape index (κ2) is 3.76. The minimum absolute atomic E-state index is 0.101. The molecule has 84 valence electrons. The van der Waals surface area contributed by atoms with E-state index in [2.05, 4.69) is 10.3 Å². The average molecular weight is 222 g/mol. The summed E-state index contributed by atoms with van der Waals surface area (Å²) in [7, 11) is 1.67. The molecule has 7 nitrogen and oxygen atoms in total. The van der Waals surface area contributed by atoms with E-state index in [1.165, 1.54) is 17.4 Å². The maximum absolute atomic E-state index is 11.9. The van der Waals surface area contributed by atoms with Gasteiger partial charge in [0.25, 0.3) is 5.91 Å². The van der Waals surface area contributed by atoms with Crippen LogP contribution in [-0.4, -0.2) is 45.3 Å². The van der Waals surface area contributed by atoms with Crippen molar-refractivity contribution in [3.63, 3.8) is 0 Å². The van der Waals surface area contributed by atoms with Crippen LogP contribution in [0.4, 0.5) is 0 Å². The number of hydrogen-bond acceptors (Lipinski definition) is 4. The van der Waals surface area contributed by atoms with Crippen LogP contribution in [0.25, 0.3) is 0 Å². The third kappa shape index (κ3) is 1.79. The van der Waals surface area contributed by atoms with Crippen molar-refractivity contribution >= 4 is 17.7 Å². The number of nitrogens with one attached hydrogen (secondary N) is 1. The van der Waals surface area contributed by atoms with Gasteiger partial charge in [-0.1, -0.05) is 0 Å². The summed E-state index contributed by atoms with van der Waals surface area (Å²) in [5.41, 5.74) is 0.350. The van der Waals surface area contributed by atoms with Gasteiger partial charge >= 0.3 is 0 Å². The molecule has 1 saturated heterocycles. The first-order valence-corrected chi connectivity index (χ1v) is 4.66. The molecule has 1 aromatic rings. The fraction of sp³-hybridized carbons (Fsp3) is 0.333. The van der Waals surface area contributed by atoms with E-state index in [9.17, 15) is 14.4 Å². The zero-order valence-electron chi connectivity index (χ0n) is 8.64. The Morgan fingerprint density at radius 2 is 2.00 bits per heavy atom. The van der Waals surface area contributed by atoms with Gasteiger partial charge < -0.3 is 9.47 Å². The van der Waals surface area contributed by atoms with Gasteiger partial charge in [-0.25, -0.2) is 4.98 Å². The van der Waals surface area contributed by atoms with Crippen LogP contribution in [0.15, 0.2) is 12.5 Å². The van der Waals surface area contributed by atoms with E-state index in [4.69, 9.17) is 0 Å². The lowest BCUT2D eigenvalue weighted by Gasteiger charge is -2.25. The Labute approximate surface area is 91.0 Å². The zero-order chi connectivity index (χ0) is 11.7. The molecule has 1 aliphatic rings. The van der Waals surface area contributed by atoms with Crippen LogP contribution in [-0.2, 0) is 16.6 Å². The van der Waals surface area contributed by atoms with Crippen molar-refractivity contribution in [2.24, 2.45) is 7.05 Å². The van der Waals surface area contributed by atoms with E-state index >= 15 is 0 Å². The molecule has 1 fully saturated rings. The van der Waals surface area contributed by atoms with Crippen molar-refractivity contribution in [1.29, 1.82) is 0 Å². The van der Waals surface area contributed by atoms with Gasteiger partial charge in [0.2, 0.25) is 11.8 Å². The summed E-state index contributed by atoms with van der Waals surface area (Å²) in [5.74, 6) is -1.30. The molecule has 2 heterocycles. The van der Waals surface area contributed by atoms with E-state index in [1.807, 2.05) is 0 Å². The molecule has 3 amide bonds. The Balaban J connectivity index is 2.19. The number of aryl methyl sites for hydroxylation is 1. The van der Waals surface area contributed by atoms with Gasteiger partial charge in [-0.15, -0.1) is 0 Å². The third-order valence-corrected chi connectivity index (χ3v) is 2.27. The van der Waals surface area contributed by atoms with Gasteiger partial charge in [-0.05, 0) is 0 Å². The Kier molecular flexibility index (Phi) is 2.43. The van der Waals surface area contributed by atoms with Crippen molar-refractivity contribution in [1.82, 2.24) is 19.8 Å². The summed E-state index contributed by atoms with van der Waals surface area (Å²) in [4.78, 5) is 39.1. The van der Waals surface area contributed by atoms with E-state index in [-0.39, 0.29) is 19.0 Å². The minimum Gasteiger partial charge on any atom is -0.330 e. The lowest BCUT2D eigenvalue weighted by Crippen LogP contribution is -2.53. The molecule has 0 atom stereocenters. The van der Waals surface area contributed by atoms with Gasteiger partial charge in [-0.2, -0.15) is 0 Å². The molecule has 1 aromatic heterocycles. The van der Waals surface area contributed by atoms with Crippen molar-refractivity contribution in [2.75, 3.05) is 13.1 Å². The predicted octanol–water partition coefficient (Wildman–Crippen LogP) is -1.48. The van der Waals surface area contributed by atoms with Gasteiger partial charge in [0.05, 0.1) is 12.5 Å². The Morgan fingerprint density at radius 3 is 2.50 bits per heavy atom. The van der Waals surface area contributed by atoms with Crippen LogP contribution >= 0.6 is 0 Å². The van der Waals surface area contributed by atoms with Crippen LogP contribution in [0.5, 0.6) is 0 Å². The van der Waals surface area contributed by atoms with Gasteiger partial charge in [0.15, 0.2) is 0 Å². The number of amides is 3. The van der Waals surface area contributed by atoms with Gasteiger partial charge in [0, 0.05) is 7.05 Å². The van der Waals surface area contributed by atoms with Crippen LogP contribution < -0.4 is 5.32 Å². The number of imide groups is 1. The summed E-state index contributed by atoms with van der Waals surface area (Å²) in [6.45, 7) is -0.203. The van der Waals surface area contributed by atoms with Crippen molar-refractivity contribution in [3.05, 3.63) is 18.2 Å². The molecule has 0 saturated carbocycles. The molecule has 16 heavy (non-hydrogen) atoms. The highest BCUT2D eigenvalue weighted by Gasteiger charge is 2.28. The molecule has 1 aliphatic heterocycles. The molecule has 1 N–H and O–H groups in total. The first kappa shape index (κ1) is 10.3. The van der Waals surface area contributed by atoms with Crippen LogP contribution in [0.2, 0.25) is 0 Å². The maximum Gasteiger partial charge on any atom is 0.273 e. The third-order valence-electron chi connectivity index (χ3n) is 2.27. The quantitative estimate of drug-likeness (QED) is 0.587. The predicted molar refractivity (Wildman–Crippen MR) is 52.3 cm³/mol. The maximum atomic E-state index is 11.9. The molecular weight excluding hydrogens is 212 g/mol. The number of piperazine rings is 1. The fourth-order valence-corrected chi connectivity index (χ4v) is 1.51. The summed E-state index contributed by atoms with van der Waals surface area (Å²) in [6.07, 6.45) is 2.89. The smallest absolute Gasteiger partial charge is 0.273 e. The minimum atomic E-state index is -0.466. The highest BCUT2D eigenvalue weighted by molar-refractivity contribution is 6.05. The first-order valence-electron chi connectivity index (χ1n) is 4.66. The van der Waals surface area contributed by atoms with Crippen molar-refractivity contribution < 1.29 is 14.4 Å². The number of imidazole rings is 1. The number of nitrogens with zero attached hydrogens (tertiary/aromatic N) is 3. The summed E-state index contributed by atoms with van der Waals surface area (Å²) in [6, 6.07) is 0. The highest BCUT2D eigenvalue weighted by Crippen LogP contribution is 2.05. The summed E-state index contributed by atoms with van der Waals surface area (Å²) >= 11 is 0. The molecule has 0 radical (unpaired) electrons. The Hall–Kier alpha value is -2.18. The normalized spacial score (nSPS) is 16.2. The molecule has 7 heteroatoms. The monoisotopic (exact) mass is 222 g/mol. The van der Waals surface area contributed by atoms with Crippen LogP contribution in [0, 0.1) is 0 Å².